The van der Waals surface area contributed by atoms with Crippen LogP contribution in [0.4, 0.5) is 0 Å². The molecular formula is C14H20N4OS. The Morgan fingerprint density at radius 3 is 3.10 bits per heavy atom. The molecule has 1 aromatic rings. The topological polar surface area (TPSA) is 71.2 Å². The van der Waals surface area contributed by atoms with Crippen LogP contribution < -0.4 is 11.1 Å². The highest BCUT2D eigenvalue weighted by atomic mass is 32.1. The second-order valence-electron chi connectivity index (χ2n) is 5.01. The van der Waals surface area contributed by atoms with Gasteiger partial charge in [0.15, 0.2) is 0 Å². The molecule has 1 aliphatic heterocycles. The molecule has 20 heavy (non-hydrogen) atoms. The lowest BCUT2D eigenvalue weighted by Crippen LogP contribution is -2.48. The Hall–Kier alpha value is -1.53. The van der Waals surface area contributed by atoms with E-state index in [4.69, 9.17) is 18.0 Å². The van der Waals surface area contributed by atoms with Gasteiger partial charge in [-0.05, 0) is 37.1 Å². The number of nitrogens with two attached hydrogens (primary N) is 1. The molecule has 0 aliphatic carbocycles. The molecule has 0 saturated carbocycles. The van der Waals surface area contributed by atoms with Gasteiger partial charge in [0.2, 0.25) is 5.91 Å². The summed E-state index contributed by atoms with van der Waals surface area (Å²) in [6, 6.07) is 3.80. The molecule has 1 atom stereocenters. The van der Waals surface area contributed by atoms with Gasteiger partial charge in [-0.2, -0.15) is 0 Å². The molecule has 1 fully saturated rings. The molecule has 0 radical (unpaired) electrons. The van der Waals surface area contributed by atoms with E-state index in [2.05, 4.69) is 15.2 Å². The molecular weight excluding hydrogens is 272 g/mol. The zero-order chi connectivity index (χ0) is 14.5. The SMILES string of the molecule is CNC(=O)C1CCCCN1Cc1ccnc(C(N)=S)c1. The quantitative estimate of drug-likeness (QED) is 0.804. The number of pyridine rings is 1. The smallest absolute Gasteiger partial charge is 0.237 e. The number of amides is 1. The van der Waals surface area contributed by atoms with Crippen molar-refractivity contribution in [3.8, 4) is 0 Å². The van der Waals surface area contributed by atoms with E-state index in [1.807, 2.05) is 12.1 Å². The van der Waals surface area contributed by atoms with Crippen LogP contribution in [0.15, 0.2) is 18.3 Å². The predicted octanol–water partition coefficient (Wildman–Crippen LogP) is 0.816. The maximum Gasteiger partial charge on any atom is 0.237 e. The van der Waals surface area contributed by atoms with Gasteiger partial charge < -0.3 is 11.1 Å². The Labute approximate surface area is 124 Å². The first-order valence-electron chi connectivity index (χ1n) is 6.82. The van der Waals surface area contributed by atoms with Gasteiger partial charge in [0.05, 0.1) is 11.7 Å². The van der Waals surface area contributed by atoms with E-state index in [1.165, 1.54) is 0 Å². The van der Waals surface area contributed by atoms with Crippen LogP contribution in [0.2, 0.25) is 0 Å². The van der Waals surface area contributed by atoms with Crippen molar-refractivity contribution >= 4 is 23.1 Å². The van der Waals surface area contributed by atoms with Crippen LogP contribution in [0.1, 0.15) is 30.5 Å². The van der Waals surface area contributed by atoms with Crippen molar-refractivity contribution in [2.75, 3.05) is 13.6 Å². The van der Waals surface area contributed by atoms with E-state index in [9.17, 15) is 4.79 Å². The highest BCUT2D eigenvalue weighted by Crippen LogP contribution is 2.20. The Bertz CT molecular complexity index is 506. The van der Waals surface area contributed by atoms with Crippen molar-refractivity contribution in [2.45, 2.75) is 31.8 Å². The molecule has 0 aromatic carbocycles. The van der Waals surface area contributed by atoms with E-state index in [-0.39, 0.29) is 11.9 Å². The average molecular weight is 292 g/mol. The summed E-state index contributed by atoms with van der Waals surface area (Å²) in [6.07, 6.45) is 4.85. The molecule has 3 N–H and O–H groups in total. The van der Waals surface area contributed by atoms with Gasteiger partial charge in [-0.3, -0.25) is 14.7 Å². The van der Waals surface area contributed by atoms with Gasteiger partial charge in [0.1, 0.15) is 4.99 Å². The van der Waals surface area contributed by atoms with Gasteiger partial charge in [-0.25, -0.2) is 0 Å². The minimum absolute atomic E-state index is 0.0461. The van der Waals surface area contributed by atoms with Crippen LogP contribution in [-0.4, -0.2) is 40.4 Å². The highest BCUT2D eigenvalue weighted by Gasteiger charge is 2.27. The number of hydrogen-bond acceptors (Lipinski definition) is 4. The number of carbonyl (C=O) groups excluding carboxylic acids is 1. The molecule has 1 amide bonds. The molecule has 1 aliphatic rings. The standard InChI is InChI=1S/C14H20N4OS/c1-16-14(19)12-4-2-3-7-18(12)9-10-5-6-17-11(8-10)13(15)20/h5-6,8,12H,2-4,7,9H2,1H3,(H2,15,20)(H,16,19). The van der Waals surface area contributed by atoms with Crippen molar-refractivity contribution in [2.24, 2.45) is 5.73 Å². The van der Waals surface area contributed by atoms with Crippen molar-refractivity contribution < 1.29 is 4.79 Å². The summed E-state index contributed by atoms with van der Waals surface area (Å²) in [6.45, 7) is 1.65. The molecule has 0 spiro atoms. The van der Waals surface area contributed by atoms with Crippen LogP contribution in [0.5, 0.6) is 0 Å². The number of likely N-dealkylation sites (tertiary alicyclic amines) is 1. The van der Waals surface area contributed by atoms with Crippen LogP contribution >= 0.6 is 12.2 Å². The fraction of sp³-hybridized carbons (Fsp3) is 0.500. The molecule has 0 bridgehead atoms. The van der Waals surface area contributed by atoms with Crippen molar-refractivity contribution in [1.82, 2.24) is 15.2 Å². The zero-order valence-corrected chi connectivity index (χ0v) is 12.4. The lowest BCUT2D eigenvalue weighted by Gasteiger charge is -2.34. The predicted molar refractivity (Wildman–Crippen MR) is 82.2 cm³/mol. The molecule has 2 rings (SSSR count). The van der Waals surface area contributed by atoms with E-state index < -0.39 is 0 Å². The summed E-state index contributed by atoms with van der Waals surface area (Å²) in [7, 11) is 1.69. The van der Waals surface area contributed by atoms with E-state index in [1.54, 1.807) is 13.2 Å². The van der Waals surface area contributed by atoms with Crippen molar-refractivity contribution in [3.05, 3.63) is 29.6 Å². The average Bonchev–Trinajstić information content (AvgIpc) is 2.47. The van der Waals surface area contributed by atoms with Gasteiger partial charge in [-0.15, -0.1) is 0 Å². The molecule has 1 aromatic heterocycles. The number of rotatable bonds is 4. The molecule has 6 heteroatoms. The first kappa shape index (κ1) is 14.9. The van der Waals surface area contributed by atoms with E-state index >= 15 is 0 Å². The Kier molecular flexibility index (Phi) is 5.03. The van der Waals surface area contributed by atoms with Crippen molar-refractivity contribution in [3.63, 3.8) is 0 Å². The summed E-state index contributed by atoms with van der Waals surface area (Å²) >= 11 is 4.95. The number of piperidine rings is 1. The zero-order valence-electron chi connectivity index (χ0n) is 11.6. The Morgan fingerprint density at radius 2 is 2.40 bits per heavy atom. The molecule has 5 nitrogen and oxygen atoms in total. The number of likely N-dealkylation sites (N-methyl/N-ethyl adjacent to an activating group) is 1. The summed E-state index contributed by atoms with van der Waals surface area (Å²) in [4.78, 5) is 18.6. The number of carbonyl (C=O) groups is 1. The Morgan fingerprint density at radius 1 is 1.60 bits per heavy atom. The number of hydrogen-bond donors (Lipinski definition) is 2. The van der Waals surface area contributed by atoms with Gasteiger partial charge in [0, 0.05) is 19.8 Å². The molecule has 1 saturated heterocycles. The fourth-order valence-corrected chi connectivity index (χ4v) is 2.70. The van der Waals surface area contributed by atoms with Gasteiger partial charge >= 0.3 is 0 Å². The van der Waals surface area contributed by atoms with E-state index in [0.717, 1.165) is 37.9 Å². The molecule has 1 unspecified atom stereocenters. The lowest BCUT2D eigenvalue weighted by atomic mass is 10.0. The minimum atomic E-state index is -0.0461. The third-order valence-electron chi connectivity index (χ3n) is 3.63. The number of thiocarbonyl (C=S) groups is 1. The lowest BCUT2D eigenvalue weighted by molar-refractivity contribution is -0.127. The maximum absolute atomic E-state index is 11.9. The summed E-state index contributed by atoms with van der Waals surface area (Å²) in [5.74, 6) is 0.0910. The third-order valence-corrected chi connectivity index (χ3v) is 3.83. The van der Waals surface area contributed by atoms with Crippen LogP contribution in [-0.2, 0) is 11.3 Å². The minimum Gasteiger partial charge on any atom is -0.388 e. The summed E-state index contributed by atoms with van der Waals surface area (Å²) in [5, 5.41) is 2.75. The highest BCUT2D eigenvalue weighted by molar-refractivity contribution is 7.80. The van der Waals surface area contributed by atoms with Gasteiger partial charge in [0.25, 0.3) is 0 Å². The first-order valence-corrected chi connectivity index (χ1v) is 7.23. The normalized spacial score (nSPS) is 19.6. The second kappa shape index (κ2) is 6.76. The van der Waals surface area contributed by atoms with Crippen LogP contribution in [0, 0.1) is 0 Å². The van der Waals surface area contributed by atoms with Crippen LogP contribution in [0.3, 0.4) is 0 Å². The number of nitrogens with zero attached hydrogens (tertiary/aromatic N) is 2. The number of aromatic nitrogens is 1. The summed E-state index contributed by atoms with van der Waals surface area (Å²) < 4.78 is 0. The molecule has 108 valence electrons. The monoisotopic (exact) mass is 292 g/mol. The molecule has 2 heterocycles. The largest absolute Gasteiger partial charge is 0.388 e. The third kappa shape index (κ3) is 3.52. The van der Waals surface area contributed by atoms with Crippen LogP contribution in [0.25, 0.3) is 0 Å². The summed E-state index contributed by atoms with van der Waals surface area (Å²) in [5.41, 5.74) is 7.32. The van der Waals surface area contributed by atoms with Gasteiger partial charge in [-0.1, -0.05) is 18.6 Å². The maximum atomic E-state index is 11.9. The van der Waals surface area contributed by atoms with Crippen molar-refractivity contribution in [1.29, 1.82) is 0 Å². The number of nitrogens with one attached hydrogen (secondary N) is 1. The van der Waals surface area contributed by atoms with E-state index in [0.29, 0.717) is 10.7 Å². The Balaban J connectivity index is 2.12. The fourth-order valence-electron chi connectivity index (χ4n) is 2.59. The first-order chi connectivity index (χ1) is 9.61. The second-order valence-corrected chi connectivity index (χ2v) is 5.45.